The highest BCUT2D eigenvalue weighted by molar-refractivity contribution is 7.88. The van der Waals surface area contributed by atoms with Gasteiger partial charge in [0.25, 0.3) is 5.91 Å². The van der Waals surface area contributed by atoms with Crippen molar-refractivity contribution in [2.24, 2.45) is 4.40 Å². The molecule has 9 heteroatoms. The Morgan fingerprint density at radius 2 is 2.14 bits per heavy atom. The maximum absolute atomic E-state index is 13.0. The van der Waals surface area contributed by atoms with Gasteiger partial charge in [-0.3, -0.25) is 9.10 Å². The van der Waals surface area contributed by atoms with E-state index >= 15 is 0 Å². The summed E-state index contributed by atoms with van der Waals surface area (Å²) in [5.74, 6) is -1.02. The summed E-state index contributed by atoms with van der Waals surface area (Å²) in [5, 5.41) is 2.57. The molecule has 0 atom stereocenters. The van der Waals surface area contributed by atoms with Crippen LogP contribution in [0, 0.1) is 5.82 Å². The van der Waals surface area contributed by atoms with Crippen LogP contribution in [-0.2, 0) is 21.5 Å². The van der Waals surface area contributed by atoms with Gasteiger partial charge in [-0.2, -0.15) is 8.42 Å². The van der Waals surface area contributed by atoms with E-state index < -0.39 is 21.9 Å². The van der Waals surface area contributed by atoms with Gasteiger partial charge in [0.2, 0.25) is 0 Å². The molecule has 0 fully saturated rings. The molecule has 1 heterocycles. The molecule has 0 bridgehead atoms. The topological polar surface area (TPSA) is 78.8 Å². The number of benzene rings is 1. The molecule has 118 valence electrons. The molecule has 1 aromatic carbocycles. The first kappa shape index (κ1) is 16.4. The normalized spacial score (nSPS) is 16.8. The van der Waals surface area contributed by atoms with Crippen LogP contribution in [0.1, 0.15) is 12.5 Å². The Morgan fingerprint density at radius 3 is 2.77 bits per heavy atom. The van der Waals surface area contributed by atoms with Crippen molar-refractivity contribution in [1.29, 1.82) is 0 Å². The minimum absolute atomic E-state index is 0.0350. The number of nitrogens with zero attached hydrogens (tertiary/aromatic N) is 2. The molecule has 0 aliphatic carbocycles. The van der Waals surface area contributed by atoms with Crippen LogP contribution in [0.25, 0.3) is 0 Å². The summed E-state index contributed by atoms with van der Waals surface area (Å²) >= 11 is 5.66. The predicted molar refractivity (Wildman–Crippen MR) is 81.1 cm³/mol. The molecule has 1 amide bonds. The van der Waals surface area contributed by atoms with Crippen molar-refractivity contribution < 1.29 is 17.6 Å². The number of amides is 1. The molecule has 1 aromatic rings. The van der Waals surface area contributed by atoms with Gasteiger partial charge in [-0.15, -0.1) is 4.40 Å². The van der Waals surface area contributed by atoms with Crippen LogP contribution in [0.15, 0.2) is 34.4 Å². The van der Waals surface area contributed by atoms with Gasteiger partial charge in [0.1, 0.15) is 5.82 Å². The molecule has 0 spiro atoms. The van der Waals surface area contributed by atoms with Gasteiger partial charge in [0, 0.05) is 19.8 Å². The third-order valence-electron chi connectivity index (χ3n) is 3.00. The van der Waals surface area contributed by atoms with Gasteiger partial charge in [-0.05, 0) is 24.6 Å². The maximum atomic E-state index is 13.0. The summed E-state index contributed by atoms with van der Waals surface area (Å²) in [6, 6.07) is 4.11. The fourth-order valence-corrected chi connectivity index (χ4v) is 2.79. The van der Waals surface area contributed by atoms with Crippen LogP contribution in [0.3, 0.4) is 0 Å². The molecule has 6 nitrogen and oxygen atoms in total. The van der Waals surface area contributed by atoms with Crippen molar-refractivity contribution in [3.63, 3.8) is 0 Å². The van der Waals surface area contributed by atoms with Gasteiger partial charge >= 0.3 is 10.2 Å². The van der Waals surface area contributed by atoms with E-state index in [2.05, 4.69) is 9.71 Å². The molecule has 2 rings (SSSR count). The van der Waals surface area contributed by atoms with E-state index in [0.29, 0.717) is 5.56 Å². The highest BCUT2D eigenvalue weighted by Gasteiger charge is 2.25. The van der Waals surface area contributed by atoms with Crippen LogP contribution < -0.4 is 5.32 Å². The Kier molecular flexibility index (Phi) is 4.52. The summed E-state index contributed by atoms with van der Waals surface area (Å²) in [7, 11) is -2.46. The van der Waals surface area contributed by atoms with Gasteiger partial charge in [0.05, 0.1) is 16.3 Å². The van der Waals surface area contributed by atoms with Crippen molar-refractivity contribution in [3.05, 3.63) is 46.4 Å². The van der Waals surface area contributed by atoms with Gasteiger partial charge in [0.15, 0.2) is 0 Å². The van der Waals surface area contributed by atoms with Crippen LogP contribution in [0.5, 0.6) is 0 Å². The van der Waals surface area contributed by atoms with E-state index in [1.165, 1.54) is 38.4 Å². The summed E-state index contributed by atoms with van der Waals surface area (Å²) in [4.78, 5) is 12.1. The second kappa shape index (κ2) is 6.05. The Morgan fingerprint density at radius 1 is 1.45 bits per heavy atom. The molecule has 1 N–H and O–H groups in total. The summed E-state index contributed by atoms with van der Waals surface area (Å²) in [5.41, 5.74) is 0.866. The first-order valence-electron chi connectivity index (χ1n) is 6.19. The van der Waals surface area contributed by atoms with E-state index in [1.54, 1.807) is 0 Å². The standard InChI is InChI=1S/C13H13ClFN3O3S/c1-8-10(7-18(2)22(20,21)17-8)13(19)16-6-9-3-4-12(15)11(14)5-9/h3-5,7H,6H2,1-2H3,(H,16,19). The highest BCUT2D eigenvalue weighted by Crippen LogP contribution is 2.17. The van der Waals surface area contributed by atoms with E-state index in [1.807, 2.05) is 0 Å². The SMILES string of the molecule is CC1=NS(=O)(=O)N(C)C=C1C(=O)NCc1ccc(F)c(Cl)c1. The molecular formula is C13H13ClFN3O3S. The summed E-state index contributed by atoms with van der Waals surface area (Å²) in [6.07, 6.45) is 1.20. The quantitative estimate of drug-likeness (QED) is 0.904. The Balaban J connectivity index is 2.10. The largest absolute Gasteiger partial charge is 0.348 e. The number of carbonyl (C=O) groups excluding carboxylic acids is 1. The molecule has 0 aromatic heterocycles. The summed E-state index contributed by atoms with van der Waals surface area (Å²) in [6.45, 7) is 1.56. The zero-order valence-electron chi connectivity index (χ0n) is 11.8. The fourth-order valence-electron chi connectivity index (χ4n) is 1.78. The lowest BCUT2D eigenvalue weighted by atomic mass is 10.1. The number of carbonyl (C=O) groups is 1. The third kappa shape index (κ3) is 3.45. The van der Waals surface area contributed by atoms with Crippen molar-refractivity contribution in [1.82, 2.24) is 9.62 Å². The van der Waals surface area contributed by atoms with Gasteiger partial charge in [-0.1, -0.05) is 17.7 Å². The molecule has 1 aliphatic heterocycles. The molecule has 22 heavy (non-hydrogen) atoms. The third-order valence-corrected chi connectivity index (χ3v) is 4.63. The average Bonchev–Trinajstić information content (AvgIpc) is 2.43. The summed E-state index contributed by atoms with van der Waals surface area (Å²) < 4.78 is 40.4. The van der Waals surface area contributed by atoms with E-state index in [-0.39, 0.29) is 22.9 Å². The smallest absolute Gasteiger partial charge is 0.344 e. The van der Waals surface area contributed by atoms with Gasteiger partial charge in [-0.25, -0.2) is 4.39 Å². The monoisotopic (exact) mass is 345 g/mol. The van der Waals surface area contributed by atoms with Crippen LogP contribution in [0.2, 0.25) is 5.02 Å². The Hall–Kier alpha value is -1.93. The number of hydrogen-bond donors (Lipinski definition) is 1. The second-order valence-electron chi connectivity index (χ2n) is 4.64. The van der Waals surface area contributed by atoms with E-state index in [9.17, 15) is 17.6 Å². The van der Waals surface area contributed by atoms with Crippen molar-refractivity contribution >= 4 is 33.4 Å². The van der Waals surface area contributed by atoms with Crippen LogP contribution in [0.4, 0.5) is 4.39 Å². The first-order chi connectivity index (χ1) is 10.2. The Labute approximate surface area is 132 Å². The number of rotatable bonds is 3. The predicted octanol–water partition coefficient (Wildman–Crippen LogP) is 1.63. The molecule has 0 saturated heterocycles. The van der Waals surface area contributed by atoms with Crippen LogP contribution in [-0.4, -0.2) is 31.4 Å². The lowest BCUT2D eigenvalue weighted by Gasteiger charge is -2.19. The Bertz CT molecular complexity index is 790. The van der Waals surface area contributed by atoms with Crippen molar-refractivity contribution in [2.75, 3.05) is 7.05 Å². The number of hydrogen-bond acceptors (Lipinski definition) is 3. The van der Waals surface area contributed by atoms with E-state index in [4.69, 9.17) is 11.6 Å². The first-order valence-corrected chi connectivity index (χ1v) is 7.97. The number of halogens is 2. The lowest BCUT2D eigenvalue weighted by Crippen LogP contribution is -2.33. The lowest BCUT2D eigenvalue weighted by molar-refractivity contribution is -0.117. The van der Waals surface area contributed by atoms with Crippen molar-refractivity contribution in [3.8, 4) is 0 Å². The number of nitrogens with one attached hydrogen (secondary N) is 1. The van der Waals surface area contributed by atoms with E-state index in [0.717, 1.165) is 4.31 Å². The molecule has 0 saturated carbocycles. The van der Waals surface area contributed by atoms with Crippen molar-refractivity contribution in [2.45, 2.75) is 13.5 Å². The minimum atomic E-state index is -3.75. The average molecular weight is 346 g/mol. The molecule has 0 unspecified atom stereocenters. The van der Waals surface area contributed by atoms with Crippen LogP contribution >= 0.6 is 11.6 Å². The highest BCUT2D eigenvalue weighted by atomic mass is 35.5. The maximum Gasteiger partial charge on any atom is 0.344 e. The zero-order valence-corrected chi connectivity index (χ0v) is 13.4. The molecule has 0 radical (unpaired) electrons. The second-order valence-corrected chi connectivity index (χ2v) is 6.71. The fraction of sp³-hybridized carbons (Fsp3) is 0.231. The zero-order chi connectivity index (χ0) is 16.5. The molecule has 1 aliphatic rings. The van der Waals surface area contributed by atoms with Gasteiger partial charge < -0.3 is 5.32 Å². The minimum Gasteiger partial charge on any atom is -0.348 e. The molecular weight excluding hydrogens is 333 g/mol.